The minimum Gasteiger partial charge on any atom is -0.497 e. The van der Waals surface area contributed by atoms with Crippen molar-refractivity contribution < 1.29 is 4.74 Å². The highest BCUT2D eigenvalue weighted by Crippen LogP contribution is 2.34. The topological polar surface area (TPSA) is 38.5 Å². The lowest BCUT2D eigenvalue weighted by Gasteiger charge is -2.26. The largest absolute Gasteiger partial charge is 0.497 e. The molecule has 1 aliphatic rings. The molecule has 0 radical (unpaired) electrons. The van der Waals surface area contributed by atoms with Crippen molar-refractivity contribution in [1.82, 2.24) is 0 Å². The molecule has 0 unspecified atom stereocenters. The molecule has 0 atom stereocenters. The van der Waals surface area contributed by atoms with E-state index in [1.807, 2.05) is 12.1 Å². The molecule has 0 heterocycles. The zero-order valence-electron chi connectivity index (χ0n) is 10.8. The summed E-state index contributed by atoms with van der Waals surface area (Å²) in [6, 6.07) is 5.97. The highest BCUT2D eigenvalue weighted by atomic mass is 16.5. The van der Waals surface area contributed by atoms with Crippen molar-refractivity contribution in [3.05, 3.63) is 18.2 Å². The molecule has 0 amide bonds. The smallest absolute Gasteiger partial charge is 0.121 e. The van der Waals surface area contributed by atoms with Gasteiger partial charge in [-0.3, -0.25) is 0 Å². The second-order valence-electron chi connectivity index (χ2n) is 4.81. The zero-order chi connectivity index (χ0) is 12.3. The fourth-order valence-electron chi connectivity index (χ4n) is 2.14. The van der Waals surface area contributed by atoms with Crippen molar-refractivity contribution in [2.24, 2.45) is 5.92 Å². The Kier molecular flexibility index (Phi) is 3.77. The number of nitrogens with two attached hydrogens (primary N) is 1. The highest BCUT2D eigenvalue weighted by molar-refractivity contribution is 5.69. The van der Waals surface area contributed by atoms with E-state index in [1.165, 1.54) is 12.8 Å². The molecule has 1 aromatic rings. The maximum atomic E-state index is 6.10. The fraction of sp³-hybridized carbons (Fsp3) is 0.571. The van der Waals surface area contributed by atoms with Gasteiger partial charge in [0.15, 0.2) is 0 Å². The Labute approximate surface area is 104 Å². The van der Waals surface area contributed by atoms with Gasteiger partial charge >= 0.3 is 0 Å². The quantitative estimate of drug-likeness (QED) is 0.769. The Balaban J connectivity index is 2.15. The first-order chi connectivity index (χ1) is 8.24. The summed E-state index contributed by atoms with van der Waals surface area (Å²) in [5, 5.41) is 0. The van der Waals surface area contributed by atoms with Gasteiger partial charge in [0.2, 0.25) is 0 Å². The van der Waals surface area contributed by atoms with Crippen LogP contribution in [0.3, 0.4) is 0 Å². The van der Waals surface area contributed by atoms with E-state index in [-0.39, 0.29) is 0 Å². The molecule has 2 N–H and O–H groups in total. The van der Waals surface area contributed by atoms with Crippen molar-refractivity contribution >= 4 is 11.4 Å². The molecule has 1 saturated carbocycles. The molecule has 2 rings (SSSR count). The van der Waals surface area contributed by atoms with Gasteiger partial charge in [-0.05, 0) is 37.3 Å². The maximum Gasteiger partial charge on any atom is 0.121 e. The number of hydrogen-bond acceptors (Lipinski definition) is 3. The monoisotopic (exact) mass is 234 g/mol. The Hall–Kier alpha value is -1.38. The van der Waals surface area contributed by atoms with Gasteiger partial charge < -0.3 is 15.4 Å². The van der Waals surface area contributed by atoms with Crippen LogP contribution < -0.4 is 15.4 Å². The summed E-state index contributed by atoms with van der Waals surface area (Å²) in [5.41, 5.74) is 8.07. The third kappa shape index (κ3) is 3.05. The van der Waals surface area contributed by atoms with Crippen molar-refractivity contribution in [2.45, 2.75) is 26.2 Å². The van der Waals surface area contributed by atoms with Gasteiger partial charge in [0.25, 0.3) is 0 Å². The highest BCUT2D eigenvalue weighted by Gasteiger charge is 2.24. The average Bonchev–Trinajstić information content (AvgIpc) is 3.12. The number of rotatable bonds is 6. The van der Waals surface area contributed by atoms with Crippen LogP contribution in [0.4, 0.5) is 11.4 Å². The van der Waals surface area contributed by atoms with Gasteiger partial charge in [0, 0.05) is 19.2 Å². The average molecular weight is 234 g/mol. The Bertz CT molecular complexity index is 374. The van der Waals surface area contributed by atoms with Crippen LogP contribution in [0.25, 0.3) is 0 Å². The lowest BCUT2D eigenvalue weighted by Crippen LogP contribution is -2.27. The second kappa shape index (κ2) is 5.30. The summed E-state index contributed by atoms with van der Waals surface area (Å²) in [4.78, 5) is 2.41. The van der Waals surface area contributed by atoms with Crippen LogP contribution in [0.15, 0.2) is 18.2 Å². The maximum absolute atomic E-state index is 6.10. The van der Waals surface area contributed by atoms with Crippen molar-refractivity contribution in [3.63, 3.8) is 0 Å². The molecule has 0 saturated heterocycles. The molecule has 3 nitrogen and oxygen atoms in total. The van der Waals surface area contributed by atoms with Crippen LogP contribution in [0.1, 0.15) is 26.2 Å². The molecule has 1 fully saturated rings. The fourth-order valence-corrected chi connectivity index (χ4v) is 2.14. The molecule has 0 spiro atoms. The SMILES string of the molecule is CCCN(CC1CC1)c1ccc(OC)cc1N. The van der Waals surface area contributed by atoms with Crippen LogP contribution in [0.5, 0.6) is 5.75 Å². The predicted octanol–water partition coefficient (Wildman–Crippen LogP) is 2.90. The Morgan fingerprint density at radius 3 is 2.71 bits per heavy atom. The van der Waals surface area contributed by atoms with Crippen LogP contribution in [-0.2, 0) is 0 Å². The minimum absolute atomic E-state index is 0.818. The summed E-state index contributed by atoms with van der Waals surface area (Å²) >= 11 is 0. The van der Waals surface area contributed by atoms with E-state index >= 15 is 0 Å². The summed E-state index contributed by atoms with van der Waals surface area (Å²) < 4.78 is 5.18. The van der Waals surface area contributed by atoms with E-state index in [0.717, 1.165) is 42.6 Å². The van der Waals surface area contributed by atoms with E-state index in [1.54, 1.807) is 7.11 Å². The van der Waals surface area contributed by atoms with Gasteiger partial charge in [0.05, 0.1) is 18.5 Å². The van der Waals surface area contributed by atoms with Crippen LogP contribution in [0, 0.1) is 5.92 Å². The third-order valence-electron chi connectivity index (χ3n) is 3.24. The van der Waals surface area contributed by atoms with E-state index in [2.05, 4.69) is 17.9 Å². The number of hydrogen-bond donors (Lipinski definition) is 1. The van der Waals surface area contributed by atoms with Gasteiger partial charge in [0.1, 0.15) is 5.75 Å². The molecule has 1 aromatic carbocycles. The molecular weight excluding hydrogens is 212 g/mol. The summed E-state index contributed by atoms with van der Waals surface area (Å²) in [6.45, 7) is 4.43. The number of anilines is 2. The van der Waals surface area contributed by atoms with Crippen molar-refractivity contribution in [2.75, 3.05) is 30.8 Å². The first kappa shape index (κ1) is 12.1. The Morgan fingerprint density at radius 2 is 2.18 bits per heavy atom. The number of nitrogens with zero attached hydrogens (tertiary/aromatic N) is 1. The lowest BCUT2D eigenvalue weighted by molar-refractivity contribution is 0.415. The zero-order valence-corrected chi connectivity index (χ0v) is 10.8. The molecule has 0 aliphatic heterocycles. The van der Waals surface area contributed by atoms with Gasteiger partial charge in [-0.15, -0.1) is 0 Å². The summed E-state index contributed by atoms with van der Waals surface area (Å²) in [6.07, 6.45) is 3.89. The number of benzene rings is 1. The van der Waals surface area contributed by atoms with Crippen LogP contribution in [0.2, 0.25) is 0 Å². The summed E-state index contributed by atoms with van der Waals surface area (Å²) in [7, 11) is 1.67. The van der Waals surface area contributed by atoms with Crippen LogP contribution in [-0.4, -0.2) is 20.2 Å². The molecule has 0 aromatic heterocycles. The number of ether oxygens (including phenoxy) is 1. The normalized spacial score (nSPS) is 14.7. The lowest BCUT2D eigenvalue weighted by atomic mass is 10.2. The van der Waals surface area contributed by atoms with E-state index in [0.29, 0.717) is 0 Å². The predicted molar refractivity (Wildman–Crippen MR) is 72.6 cm³/mol. The van der Waals surface area contributed by atoms with E-state index in [9.17, 15) is 0 Å². The van der Waals surface area contributed by atoms with Crippen molar-refractivity contribution in [1.29, 1.82) is 0 Å². The number of methoxy groups -OCH3 is 1. The van der Waals surface area contributed by atoms with Gasteiger partial charge in [-0.2, -0.15) is 0 Å². The molecule has 1 aliphatic carbocycles. The first-order valence-corrected chi connectivity index (χ1v) is 6.43. The first-order valence-electron chi connectivity index (χ1n) is 6.43. The number of nitrogen functional groups attached to an aromatic ring is 1. The van der Waals surface area contributed by atoms with Crippen LogP contribution >= 0.6 is 0 Å². The Morgan fingerprint density at radius 1 is 1.41 bits per heavy atom. The molecular formula is C14H22N2O. The molecule has 0 bridgehead atoms. The minimum atomic E-state index is 0.818. The molecule has 17 heavy (non-hydrogen) atoms. The van der Waals surface area contributed by atoms with Gasteiger partial charge in [-0.25, -0.2) is 0 Å². The second-order valence-corrected chi connectivity index (χ2v) is 4.81. The molecule has 94 valence electrons. The standard InChI is InChI=1S/C14H22N2O/c1-3-8-16(10-11-4-5-11)14-7-6-12(17-2)9-13(14)15/h6-7,9,11H,3-5,8,10,15H2,1-2H3. The molecule has 3 heteroatoms. The van der Waals surface area contributed by atoms with E-state index in [4.69, 9.17) is 10.5 Å². The summed E-state index contributed by atoms with van der Waals surface area (Å²) in [5.74, 6) is 1.71. The van der Waals surface area contributed by atoms with Gasteiger partial charge in [-0.1, -0.05) is 6.92 Å². The van der Waals surface area contributed by atoms with E-state index < -0.39 is 0 Å². The third-order valence-corrected chi connectivity index (χ3v) is 3.24. The van der Waals surface area contributed by atoms with Crippen molar-refractivity contribution in [3.8, 4) is 5.75 Å².